The lowest BCUT2D eigenvalue weighted by atomic mass is 10.1. The molecule has 2 N–H and O–H groups in total. The van der Waals surface area contributed by atoms with Crippen LogP contribution in [0.3, 0.4) is 0 Å². The fourth-order valence-corrected chi connectivity index (χ4v) is 5.70. The third-order valence-corrected chi connectivity index (χ3v) is 7.83. The number of ether oxygens (including phenoxy) is 1. The van der Waals surface area contributed by atoms with Crippen molar-refractivity contribution in [1.29, 1.82) is 0 Å². The Morgan fingerprint density at radius 2 is 2.05 bits per heavy atom. The summed E-state index contributed by atoms with van der Waals surface area (Å²) in [5.41, 5.74) is 2.13. The van der Waals surface area contributed by atoms with Gasteiger partial charge in [0.05, 0.1) is 28.5 Å². The maximum absolute atomic E-state index is 14.9. The number of nitrogens with one attached hydrogen (secondary N) is 2. The number of halogens is 2. The Labute approximate surface area is 218 Å². The Morgan fingerprint density at radius 1 is 1.19 bits per heavy atom. The van der Waals surface area contributed by atoms with Gasteiger partial charge < -0.3 is 10.1 Å². The molecule has 0 saturated carbocycles. The van der Waals surface area contributed by atoms with E-state index >= 15 is 0 Å². The first-order valence-electron chi connectivity index (χ1n) is 11.9. The Kier molecular flexibility index (Phi) is 7.22. The highest BCUT2D eigenvalue weighted by atomic mass is 35.5. The van der Waals surface area contributed by atoms with Crippen LogP contribution in [0.25, 0.3) is 22.4 Å². The summed E-state index contributed by atoms with van der Waals surface area (Å²) >= 11 is 6.44. The molecule has 3 aromatic heterocycles. The fraction of sp³-hybridized carbons (Fsp3) is 0.333. The molecule has 1 atom stereocenters. The van der Waals surface area contributed by atoms with Crippen LogP contribution in [0.4, 0.5) is 21.6 Å². The molecule has 5 rings (SSSR count). The smallest absolute Gasteiger partial charge is 0.232 e. The fourth-order valence-electron chi connectivity index (χ4n) is 4.25. The topological polar surface area (TPSA) is 124 Å². The number of fused-ring (bicyclic) bond motifs is 1. The molecule has 0 spiro atoms. The molecular formula is C24H25ClFN7O3S. The molecule has 1 aromatic carbocycles. The molecule has 0 aliphatic carbocycles. The molecule has 37 heavy (non-hydrogen) atoms. The van der Waals surface area contributed by atoms with E-state index in [2.05, 4.69) is 30.0 Å². The quantitative estimate of drug-likeness (QED) is 0.306. The molecule has 1 unspecified atom stereocenters. The van der Waals surface area contributed by atoms with Crippen LogP contribution in [0.2, 0.25) is 5.02 Å². The molecule has 1 saturated heterocycles. The van der Waals surface area contributed by atoms with Crippen molar-refractivity contribution >= 4 is 50.0 Å². The van der Waals surface area contributed by atoms with E-state index in [0.29, 0.717) is 35.4 Å². The molecule has 1 aliphatic rings. The zero-order valence-electron chi connectivity index (χ0n) is 20.0. The van der Waals surface area contributed by atoms with Crippen LogP contribution in [0.1, 0.15) is 38.8 Å². The van der Waals surface area contributed by atoms with Crippen molar-refractivity contribution in [2.24, 2.45) is 0 Å². The summed E-state index contributed by atoms with van der Waals surface area (Å²) in [6.45, 7) is 2.43. The van der Waals surface area contributed by atoms with Gasteiger partial charge in [0.1, 0.15) is 35.4 Å². The van der Waals surface area contributed by atoms with Gasteiger partial charge in [-0.2, -0.15) is 0 Å². The van der Waals surface area contributed by atoms with E-state index in [1.807, 2.05) is 4.57 Å². The van der Waals surface area contributed by atoms with Crippen LogP contribution in [-0.2, 0) is 14.8 Å². The summed E-state index contributed by atoms with van der Waals surface area (Å²) in [5.74, 6) is -0.497. The van der Waals surface area contributed by atoms with Gasteiger partial charge in [0.25, 0.3) is 0 Å². The van der Waals surface area contributed by atoms with Gasteiger partial charge in [-0.25, -0.2) is 32.7 Å². The molecule has 1 aliphatic heterocycles. The zero-order chi connectivity index (χ0) is 26.0. The summed E-state index contributed by atoms with van der Waals surface area (Å²) in [6.07, 6.45) is 7.87. The summed E-state index contributed by atoms with van der Waals surface area (Å²) in [5, 5.41) is 2.81. The predicted octanol–water partition coefficient (Wildman–Crippen LogP) is 5.28. The molecule has 0 bridgehead atoms. The summed E-state index contributed by atoms with van der Waals surface area (Å²) in [4.78, 5) is 17.8. The third kappa shape index (κ3) is 5.22. The Bertz CT molecular complexity index is 1540. The second kappa shape index (κ2) is 10.6. The van der Waals surface area contributed by atoms with Crippen LogP contribution in [0, 0.1) is 5.82 Å². The Balaban J connectivity index is 1.53. The van der Waals surface area contributed by atoms with E-state index in [0.717, 1.165) is 25.3 Å². The van der Waals surface area contributed by atoms with Crippen molar-refractivity contribution in [2.75, 3.05) is 22.4 Å². The number of hydrogen-bond acceptors (Lipinski definition) is 8. The maximum Gasteiger partial charge on any atom is 0.232 e. The monoisotopic (exact) mass is 545 g/mol. The first-order chi connectivity index (χ1) is 17.9. The van der Waals surface area contributed by atoms with Crippen LogP contribution in [0.5, 0.6) is 0 Å². The molecule has 1 fully saturated rings. The van der Waals surface area contributed by atoms with Gasteiger partial charge in [0, 0.05) is 18.4 Å². The van der Waals surface area contributed by atoms with Crippen molar-refractivity contribution in [1.82, 2.24) is 24.5 Å². The second-order valence-corrected chi connectivity index (χ2v) is 10.8. The Hall–Kier alpha value is -3.35. The van der Waals surface area contributed by atoms with Gasteiger partial charge in [-0.15, -0.1) is 0 Å². The van der Waals surface area contributed by atoms with E-state index in [1.54, 1.807) is 25.4 Å². The molecule has 4 aromatic rings. The first kappa shape index (κ1) is 25.3. The summed E-state index contributed by atoms with van der Waals surface area (Å²) in [6, 6.07) is 5.91. The molecule has 0 radical (unpaired) electrons. The minimum atomic E-state index is -3.63. The van der Waals surface area contributed by atoms with E-state index < -0.39 is 15.8 Å². The van der Waals surface area contributed by atoms with Crippen molar-refractivity contribution in [3.63, 3.8) is 0 Å². The minimum Gasteiger partial charge on any atom is -0.358 e. The van der Waals surface area contributed by atoms with Gasteiger partial charge in [-0.05, 0) is 49.9 Å². The molecule has 0 amide bonds. The number of benzene rings is 1. The summed E-state index contributed by atoms with van der Waals surface area (Å²) < 4.78 is 49.6. The first-order valence-corrected chi connectivity index (χ1v) is 13.9. The number of sulfonamides is 1. The van der Waals surface area contributed by atoms with Crippen LogP contribution >= 0.6 is 11.6 Å². The number of anilines is 3. The molecule has 10 nitrogen and oxygen atoms in total. The molecular weight excluding hydrogens is 521 g/mol. The normalized spacial score (nSPS) is 16.1. The van der Waals surface area contributed by atoms with Crippen LogP contribution in [0.15, 0.2) is 43.1 Å². The van der Waals surface area contributed by atoms with Gasteiger partial charge in [0.2, 0.25) is 10.0 Å². The van der Waals surface area contributed by atoms with Gasteiger partial charge >= 0.3 is 0 Å². The van der Waals surface area contributed by atoms with Crippen molar-refractivity contribution in [3.8, 4) is 11.3 Å². The van der Waals surface area contributed by atoms with Gasteiger partial charge in [0.15, 0.2) is 5.65 Å². The lowest BCUT2D eigenvalue weighted by molar-refractivity contribution is -0.0298. The average Bonchev–Trinajstić information content (AvgIpc) is 3.33. The van der Waals surface area contributed by atoms with Crippen LogP contribution < -0.4 is 10.0 Å². The van der Waals surface area contributed by atoms with E-state index in [4.69, 9.17) is 16.3 Å². The highest BCUT2D eigenvalue weighted by molar-refractivity contribution is 7.92. The van der Waals surface area contributed by atoms with E-state index in [9.17, 15) is 12.8 Å². The lowest BCUT2D eigenvalue weighted by Gasteiger charge is -2.23. The summed E-state index contributed by atoms with van der Waals surface area (Å²) in [7, 11) is -3.63. The number of pyridine rings is 1. The predicted molar refractivity (Wildman–Crippen MR) is 140 cm³/mol. The molecule has 194 valence electrons. The second-order valence-electron chi connectivity index (χ2n) is 8.60. The number of aromatic nitrogens is 5. The standard InChI is InChI=1S/C24H25ClFN7O3S/c1-2-12-37(34,35)32-17-9-8-16(26)21(19(17)25)31-23-15(6-5-10-27-23)20-22-24(29-13-28-20)33(14-30-22)18-7-3-4-11-36-18/h5-6,8-10,13-14,18,32H,2-4,7,11-12H2,1H3,(H,27,31). The highest BCUT2D eigenvalue weighted by Crippen LogP contribution is 2.38. The largest absolute Gasteiger partial charge is 0.358 e. The van der Waals surface area contributed by atoms with Crippen LogP contribution in [-0.4, -0.2) is 45.3 Å². The van der Waals surface area contributed by atoms with E-state index in [-0.39, 0.29) is 34.2 Å². The highest BCUT2D eigenvalue weighted by Gasteiger charge is 2.23. The maximum atomic E-state index is 14.9. The Morgan fingerprint density at radius 3 is 2.84 bits per heavy atom. The van der Waals surface area contributed by atoms with Crippen molar-refractivity contribution in [3.05, 3.63) is 54.0 Å². The molecule has 13 heteroatoms. The lowest BCUT2D eigenvalue weighted by Crippen LogP contribution is -2.17. The van der Waals surface area contributed by atoms with Gasteiger partial charge in [-0.1, -0.05) is 18.5 Å². The van der Waals surface area contributed by atoms with Crippen molar-refractivity contribution < 1.29 is 17.5 Å². The van der Waals surface area contributed by atoms with Crippen molar-refractivity contribution in [2.45, 2.75) is 38.8 Å². The zero-order valence-corrected chi connectivity index (χ0v) is 21.6. The number of nitrogens with zero attached hydrogens (tertiary/aromatic N) is 5. The SMILES string of the molecule is CCCS(=O)(=O)Nc1ccc(F)c(Nc2ncccc2-c2ncnc3c2ncn3C2CCCCO2)c1Cl. The number of hydrogen-bond donors (Lipinski definition) is 2. The third-order valence-electron chi connectivity index (χ3n) is 5.96. The number of imidazole rings is 1. The molecule has 4 heterocycles. The number of rotatable bonds is 8. The minimum absolute atomic E-state index is 0.0622. The average molecular weight is 546 g/mol. The van der Waals surface area contributed by atoms with E-state index in [1.165, 1.54) is 18.6 Å². The van der Waals surface area contributed by atoms with Gasteiger partial charge in [-0.3, -0.25) is 9.29 Å².